The molecule has 1 aliphatic heterocycles. The molecule has 0 N–H and O–H groups in total. The molecule has 8 nitrogen and oxygen atoms in total. The molecule has 0 radical (unpaired) electrons. The first-order chi connectivity index (χ1) is 18.7. The molecule has 1 fully saturated rings. The smallest absolute Gasteiger partial charge is 0.410 e. The van der Waals surface area contributed by atoms with Gasteiger partial charge in [-0.3, -0.25) is 4.98 Å². The second kappa shape index (κ2) is 11.9. The monoisotopic (exact) mass is 566 g/mol. The molecule has 4 heterocycles. The van der Waals surface area contributed by atoms with Crippen LogP contribution in [0.2, 0.25) is 25.7 Å². The molecule has 0 aliphatic carbocycles. The zero-order chi connectivity index (χ0) is 29.1. The number of piperidine rings is 1. The lowest BCUT2D eigenvalue weighted by molar-refractivity contribution is 0.00603. The number of aryl methyl sites for hydroxylation is 1. The molecular weight excluding hydrogens is 520 g/mol. The quantitative estimate of drug-likeness (QED) is 0.202. The van der Waals surface area contributed by atoms with Crippen LogP contribution in [0.1, 0.15) is 46.2 Å². The minimum Gasteiger partial charge on any atom is -0.492 e. The van der Waals surface area contributed by atoms with Crippen LogP contribution in [0.3, 0.4) is 0 Å². The second-order valence-corrected chi connectivity index (χ2v) is 19.2. The first kappa shape index (κ1) is 30.1. The summed E-state index contributed by atoms with van der Waals surface area (Å²) in [6.45, 7) is 20.0. The van der Waals surface area contributed by atoms with Crippen LogP contribution in [0.5, 0.6) is 5.75 Å². The highest BCUT2D eigenvalue weighted by molar-refractivity contribution is 6.76. The van der Waals surface area contributed by atoms with Gasteiger partial charge in [0.05, 0.1) is 17.7 Å². The van der Waals surface area contributed by atoms with Crippen LogP contribution < -0.4 is 4.74 Å². The molecule has 218 valence electrons. The summed E-state index contributed by atoms with van der Waals surface area (Å²) in [4.78, 5) is 23.9. The fourth-order valence-corrected chi connectivity index (χ4v) is 5.54. The van der Waals surface area contributed by atoms with E-state index in [1.165, 1.54) is 0 Å². The summed E-state index contributed by atoms with van der Waals surface area (Å²) in [5, 5.41) is 0.948. The number of amides is 1. The van der Waals surface area contributed by atoms with Gasteiger partial charge >= 0.3 is 6.09 Å². The van der Waals surface area contributed by atoms with Crippen molar-refractivity contribution in [2.24, 2.45) is 5.41 Å². The minimum absolute atomic E-state index is 0.0572. The first-order valence-corrected chi connectivity index (χ1v) is 18.0. The number of ether oxygens (including phenoxy) is 3. The molecule has 1 aliphatic rings. The Balaban J connectivity index is 1.53. The Morgan fingerprint density at radius 1 is 1.12 bits per heavy atom. The lowest BCUT2D eigenvalue weighted by Crippen LogP contribution is -2.46. The Morgan fingerprint density at radius 2 is 1.85 bits per heavy atom. The molecule has 0 spiro atoms. The predicted molar refractivity (Wildman–Crippen MR) is 162 cm³/mol. The van der Waals surface area contributed by atoms with Gasteiger partial charge in [-0.2, -0.15) is 0 Å². The molecule has 4 rings (SSSR count). The van der Waals surface area contributed by atoms with Gasteiger partial charge in [0.2, 0.25) is 0 Å². The molecule has 1 saturated heterocycles. The Labute approximate surface area is 240 Å². The molecule has 1 amide bonds. The molecule has 3 aromatic rings. The minimum atomic E-state index is -1.18. The fourth-order valence-electron chi connectivity index (χ4n) is 4.79. The molecule has 0 atom stereocenters. The average Bonchev–Trinajstić information content (AvgIpc) is 3.23. The number of likely N-dealkylation sites (tertiary alicyclic amines) is 1. The SMILES string of the molecule is Cc1cccc(-c2cn(COCC[Si](C)(C)C)c3nccc(OCC4(C)CCN(C(=O)OC(C)(C)C)CC4)c23)n1. The van der Waals surface area contributed by atoms with Crippen molar-refractivity contribution in [2.75, 3.05) is 26.3 Å². The summed E-state index contributed by atoms with van der Waals surface area (Å²) in [5.74, 6) is 0.792. The fraction of sp³-hybridized carbons (Fsp3) is 0.581. The van der Waals surface area contributed by atoms with Crippen molar-refractivity contribution in [2.45, 2.75) is 85.5 Å². The van der Waals surface area contributed by atoms with Gasteiger partial charge in [-0.05, 0) is 64.8 Å². The lowest BCUT2D eigenvalue weighted by Gasteiger charge is -2.39. The zero-order valence-electron chi connectivity index (χ0n) is 25.5. The summed E-state index contributed by atoms with van der Waals surface area (Å²) >= 11 is 0. The number of aromatic nitrogens is 3. The highest BCUT2D eigenvalue weighted by Gasteiger charge is 2.34. The number of carbonyl (C=O) groups excluding carboxylic acids is 1. The number of fused-ring (bicyclic) bond motifs is 1. The molecule has 0 unspecified atom stereocenters. The maximum Gasteiger partial charge on any atom is 0.410 e. The van der Waals surface area contributed by atoms with Crippen molar-refractivity contribution >= 4 is 25.2 Å². The van der Waals surface area contributed by atoms with Gasteiger partial charge in [-0.25, -0.2) is 9.78 Å². The number of hydrogen-bond donors (Lipinski definition) is 0. The van der Waals surface area contributed by atoms with E-state index in [9.17, 15) is 4.79 Å². The normalized spacial score (nSPS) is 15.8. The van der Waals surface area contributed by atoms with E-state index in [1.807, 2.05) is 52.0 Å². The number of rotatable bonds is 9. The number of pyridine rings is 2. The third kappa shape index (κ3) is 7.85. The van der Waals surface area contributed by atoms with Gasteiger partial charge < -0.3 is 23.7 Å². The van der Waals surface area contributed by atoms with E-state index < -0.39 is 13.7 Å². The molecule has 0 aromatic carbocycles. The number of nitrogens with zero attached hydrogens (tertiary/aromatic N) is 4. The first-order valence-electron chi connectivity index (χ1n) is 14.3. The van der Waals surface area contributed by atoms with E-state index in [-0.39, 0.29) is 11.5 Å². The van der Waals surface area contributed by atoms with E-state index in [0.717, 1.165) is 59.2 Å². The van der Waals surface area contributed by atoms with Crippen LogP contribution in [0.15, 0.2) is 36.7 Å². The van der Waals surface area contributed by atoms with Crippen molar-refractivity contribution < 1.29 is 19.0 Å². The second-order valence-electron chi connectivity index (χ2n) is 13.6. The van der Waals surface area contributed by atoms with Crippen molar-refractivity contribution in [3.63, 3.8) is 0 Å². The summed E-state index contributed by atoms with van der Waals surface area (Å²) in [5.41, 5.74) is 3.11. The van der Waals surface area contributed by atoms with E-state index in [1.54, 1.807) is 11.1 Å². The van der Waals surface area contributed by atoms with Crippen LogP contribution in [-0.4, -0.2) is 65.5 Å². The van der Waals surface area contributed by atoms with Gasteiger partial charge in [-0.1, -0.05) is 32.6 Å². The average molecular weight is 567 g/mol. The van der Waals surface area contributed by atoms with Crippen molar-refractivity contribution in [1.82, 2.24) is 19.4 Å². The molecular formula is C31H46N4O4Si. The summed E-state index contributed by atoms with van der Waals surface area (Å²) in [6.07, 6.45) is 5.34. The summed E-state index contributed by atoms with van der Waals surface area (Å²) in [7, 11) is -1.18. The molecule has 0 bridgehead atoms. The van der Waals surface area contributed by atoms with Gasteiger partial charge in [0.25, 0.3) is 0 Å². The van der Waals surface area contributed by atoms with E-state index in [0.29, 0.717) is 26.4 Å². The highest BCUT2D eigenvalue weighted by Crippen LogP contribution is 2.38. The van der Waals surface area contributed by atoms with Gasteiger partial charge in [0.1, 0.15) is 23.7 Å². The lowest BCUT2D eigenvalue weighted by atomic mass is 9.81. The van der Waals surface area contributed by atoms with Gasteiger partial charge in [0.15, 0.2) is 0 Å². The van der Waals surface area contributed by atoms with E-state index in [2.05, 4.69) is 37.3 Å². The third-order valence-corrected chi connectivity index (χ3v) is 9.01. The maximum absolute atomic E-state index is 12.5. The summed E-state index contributed by atoms with van der Waals surface area (Å²) in [6, 6.07) is 9.12. The van der Waals surface area contributed by atoms with Crippen LogP contribution in [0.4, 0.5) is 4.79 Å². The van der Waals surface area contributed by atoms with Gasteiger partial charge in [0, 0.05) is 56.8 Å². The maximum atomic E-state index is 12.5. The molecule has 0 saturated carbocycles. The molecule has 3 aromatic heterocycles. The van der Waals surface area contributed by atoms with Crippen LogP contribution in [0, 0.1) is 12.3 Å². The van der Waals surface area contributed by atoms with Crippen LogP contribution in [0.25, 0.3) is 22.3 Å². The standard InChI is InChI=1S/C31H46N4O4Si/c1-23-10-9-11-25(33-23)24-20-35(22-37-18-19-40(6,7)8)28-27(24)26(12-15-32-28)38-21-31(5)13-16-34(17-14-31)29(36)39-30(2,3)4/h9-12,15,20H,13-14,16-19,21-22H2,1-8H3. The van der Waals surface area contributed by atoms with Crippen molar-refractivity contribution in [3.8, 4) is 17.0 Å². The van der Waals surface area contributed by atoms with Crippen molar-refractivity contribution in [3.05, 3.63) is 42.4 Å². The van der Waals surface area contributed by atoms with Crippen molar-refractivity contribution in [1.29, 1.82) is 0 Å². The topological polar surface area (TPSA) is 78.7 Å². The predicted octanol–water partition coefficient (Wildman–Crippen LogP) is 7.14. The molecule has 9 heteroatoms. The Morgan fingerprint density at radius 3 is 2.50 bits per heavy atom. The Hall–Kier alpha value is -2.91. The van der Waals surface area contributed by atoms with Crippen LogP contribution in [-0.2, 0) is 16.2 Å². The highest BCUT2D eigenvalue weighted by atomic mass is 28.3. The molecule has 40 heavy (non-hydrogen) atoms. The van der Waals surface area contributed by atoms with Gasteiger partial charge in [-0.15, -0.1) is 0 Å². The zero-order valence-corrected chi connectivity index (χ0v) is 26.5. The van der Waals surface area contributed by atoms with E-state index >= 15 is 0 Å². The van der Waals surface area contributed by atoms with Crippen LogP contribution >= 0.6 is 0 Å². The Bertz CT molecular complexity index is 1320. The number of hydrogen-bond acceptors (Lipinski definition) is 6. The number of carbonyl (C=O) groups is 1. The summed E-state index contributed by atoms with van der Waals surface area (Å²) < 4.78 is 20.3. The van der Waals surface area contributed by atoms with E-state index in [4.69, 9.17) is 24.2 Å². The Kier molecular flexibility index (Phi) is 8.95. The largest absolute Gasteiger partial charge is 0.492 e. The third-order valence-electron chi connectivity index (χ3n) is 7.31.